The molecule has 0 aliphatic carbocycles. The molecule has 1 aromatic heterocycles. The first-order valence-electron chi connectivity index (χ1n) is 5.76. The highest BCUT2D eigenvalue weighted by Gasteiger charge is 2.18. The van der Waals surface area contributed by atoms with Crippen LogP contribution in [0, 0.1) is 0 Å². The Kier molecular flexibility index (Phi) is 4.19. The van der Waals surface area contributed by atoms with E-state index in [2.05, 4.69) is 10.3 Å². The molecule has 0 bridgehead atoms. The lowest BCUT2D eigenvalue weighted by atomic mass is 10.1. The van der Waals surface area contributed by atoms with Crippen molar-refractivity contribution in [2.24, 2.45) is 0 Å². The van der Waals surface area contributed by atoms with E-state index in [1.165, 1.54) is 18.2 Å². The zero-order valence-corrected chi connectivity index (χ0v) is 10.6. The number of pyridine rings is 1. The summed E-state index contributed by atoms with van der Waals surface area (Å²) >= 11 is 1.88. The summed E-state index contributed by atoms with van der Waals surface area (Å²) in [5, 5.41) is 11.7. The Bertz CT molecular complexity index is 458. The van der Waals surface area contributed by atoms with E-state index in [0.717, 1.165) is 24.3 Å². The Labute approximate surface area is 109 Å². The van der Waals surface area contributed by atoms with Crippen LogP contribution < -0.4 is 5.32 Å². The predicted molar refractivity (Wildman–Crippen MR) is 69.0 cm³/mol. The van der Waals surface area contributed by atoms with Gasteiger partial charge in [0, 0.05) is 6.04 Å². The number of aromatic carboxylic acids is 1. The van der Waals surface area contributed by atoms with Gasteiger partial charge in [0.1, 0.15) is 11.4 Å². The van der Waals surface area contributed by atoms with Crippen LogP contribution in [0.5, 0.6) is 0 Å². The third-order valence-corrected chi connectivity index (χ3v) is 3.81. The molecular weight excluding hydrogens is 252 g/mol. The van der Waals surface area contributed by atoms with Crippen molar-refractivity contribution in [2.75, 3.05) is 11.5 Å². The molecule has 1 aromatic rings. The maximum atomic E-state index is 11.9. The van der Waals surface area contributed by atoms with Gasteiger partial charge >= 0.3 is 5.97 Å². The van der Waals surface area contributed by atoms with Crippen LogP contribution in [0.15, 0.2) is 18.2 Å². The van der Waals surface area contributed by atoms with Crippen LogP contribution >= 0.6 is 11.8 Å². The van der Waals surface area contributed by atoms with Crippen molar-refractivity contribution in [3.63, 3.8) is 0 Å². The lowest BCUT2D eigenvalue weighted by Gasteiger charge is -2.22. The molecule has 0 radical (unpaired) electrons. The first kappa shape index (κ1) is 12.9. The van der Waals surface area contributed by atoms with Gasteiger partial charge in [0.05, 0.1) is 0 Å². The average Bonchev–Trinajstić information content (AvgIpc) is 2.40. The minimum absolute atomic E-state index is 0.109. The van der Waals surface area contributed by atoms with Gasteiger partial charge in [-0.2, -0.15) is 11.8 Å². The highest BCUT2D eigenvalue weighted by Crippen LogP contribution is 2.17. The van der Waals surface area contributed by atoms with Gasteiger partial charge in [0.25, 0.3) is 5.91 Å². The number of carboxylic acid groups (broad SMARTS) is 1. The molecule has 1 aliphatic heterocycles. The van der Waals surface area contributed by atoms with Crippen LogP contribution in [-0.2, 0) is 0 Å². The maximum absolute atomic E-state index is 11.9. The molecule has 2 N–H and O–H groups in total. The number of carbonyl (C=O) groups excluding carboxylic acids is 1. The van der Waals surface area contributed by atoms with Crippen molar-refractivity contribution >= 4 is 23.6 Å². The van der Waals surface area contributed by atoms with Gasteiger partial charge in [-0.25, -0.2) is 9.78 Å². The van der Waals surface area contributed by atoms with Crippen LogP contribution in [0.2, 0.25) is 0 Å². The molecule has 2 heterocycles. The number of hydrogen-bond acceptors (Lipinski definition) is 4. The standard InChI is InChI=1S/C12H14N2O3S/c15-11(13-8-4-6-18-7-5-8)9-2-1-3-10(14-9)12(16)17/h1-3,8H,4-7H2,(H,13,15)(H,16,17). The highest BCUT2D eigenvalue weighted by atomic mass is 32.2. The number of rotatable bonds is 3. The maximum Gasteiger partial charge on any atom is 0.354 e. The minimum Gasteiger partial charge on any atom is -0.477 e. The molecule has 0 unspecified atom stereocenters. The number of nitrogens with one attached hydrogen (secondary N) is 1. The molecule has 0 spiro atoms. The van der Waals surface area contributed by atoms with Gasteiger partial charge in [0.2, 0.25) is 0 Å². The molecule has 0 atom stereocenters. The zero-order valence-electron chi connectivity index (χ0n) is 9.76. The Hall–Kier alpha value is -1.56. The average molecular weight is 266 g/mol. The van der Waals surface area contributed by atoms with Crippen LogP contribution in [0.1, 0.15) is 33.8 Å². The quantitative estimate of drug-likeness (QED) is 0.864. The lowest BCUT2D eigenvalue weighted by molar-refractivity contribution is 0.0690. The lowest BCUT2D eigenvalue weighted by Crippen LogP contribution is -2.37. The van der Waals surface area contributed by atoms with E-state index in [9.17, 15) is 9.59 Å². The minimum atomic E-state index is -1.13. The van der Waals surface area contributed by atoms with Crippen LogP contribution in [0.3, 0.4) is 0 Å². The molecule has 0 saturated carbocycles. The number of hydrogen-bond donors (Lipinski definition) is 2. The molecule has 0 aromatic carbocycles. The van der Waals surface area contributed by atoms with Gasteiger partial charge in [-0.15, -0.1) is 0 Å². The Balaban J connectivity index is 2.03. The fourth-order valence-corrected chi connectivity index (χ4v) is 2.89. The van der Waals surface area contributed by atoms with Crippen molar-refractivity contribution < 1.29 is 14.7 Å². The van der Waals surface area contributed by atoms with Crippen LogP contribution in [0.25, 0.3) is 0 Å². The second-order valence-electron chi connectivity index (χ2n) is 4.07. The summed E-state index contributed by atoms with van der Waals surface area (Å²) in [6.07, 6.45) is 1.91. The number of carbonyl (C=O) groups is 2. The van der Waals surface area contributed by atoms with Crippen molar-refractivity contribution in [1.29, 1.82) is 0 Å². The van der Waals surface area contributed by atoms with E-state index in [4.69, 9.17) is 5.11 Å². The Morgan fingerprint density at radius 2 is 1.94 bits per heavy atom. The molecule has 2 rings (SSSR count). The molecule has 6 heteroatoms. The topological polar surface area (TPSA) is 79.3 Å². The molecular formula is C12H14N2O3S. The fourth-order valence-electron chi connectivity index (χ4n) is 1.78. The monoisotopic (exact) mass is 266 g/mol. The number of thioether (sulfide) groups is 1. The summed E-state index contributed by atoms with van der Waals surface area (Å²) < 4.78 is 0. The molecule has 96 valence electrons. The normalized spacial score (nSPS) is 16.2. The van der Waals surface area contributed by atoms with Crippen LogP contribution in [0.4, 0.5) is 0 Å². The van der Waals surface area contributed by atoms with Crippen molar-refractivity contribution in [1.82, 2.24) is 10.3 Å². The second kappa shape index (κ2) is 5.86. The highest BCUT2D eigenvalue weighted by molar-refractivity contribution is 7.99. The first-order chi connectivity index (χ1) is 8.66. The zero-order chi connectivity index (χ0) is 13.0. The summed E-state index contributed by atoms with van der Waals surface area (Å²) in [6, 6.07) is 4.60. The summed E-state index contributed by atoms with van der Waals surface area (Å²) in [6.45, 7) is 0. The molecule has 1 fully saturated rings. The summed E-state index contributed by atoms with van der Waals surface area (Å²) in [5.41, 5.74) is 0.0509. The van der Waals surface area contributed by atoms with Gasteiger partial charge in [-0.3, -0.25) is 4.79 Å². The van der Waals surface area contributed by atoms with E-state index in [1.807, 2.05) is 11.8 Å². The summed E-state index contributed by atoms with van der Waals surface area (Å²) in [7, 11) is 0. The third-order valence-electron chi connectivity index (χ3n) is 2.76. The van der Waals surface area contributed by atoms with E-state index in [-0.39, 0.29) is 23.3 Å². The fraction of sp³-hybridized carbons (Fsp3) is 0.417. The third kappa shape index (κ3) is 3.22. The second-order valence-corrected chi connectivity index (χ2v) is 5.30. The van der Waals surface area contributed by atoms with E-state index in [0.29, 0.717) is 0 Å². The van der Waals surface area contributed by atoms with E-state index < -0.39 is 5.97 Å². The Morgan fingerprint density at radius 3 is 2.61 bits per heavy atom. The molecule has 1 saturated heterocycles. The molecule has 5 nitrogen and oxygen atoms in total. The molecule has 1 amide bonds. The number of nitrogens with zero attached hydrogens (tertiary/aromatic N) is 1. The molecule has 1 aliphatic rings. The first-order valence-corrected chi connectivity index (χ1v) is 6.91. The smallest absolute Gasteiger partial charge is 0.354 e. The van der Waals surface area contributed by atoms with Gasteiger partial charge in [-0.1, -0.05) is 6.07 Å². The summed E-state index contributed by atoms with van der Waals surface area (Å²) in [4.78, 5) is 26.5. The van der Waals surface area contributed by atoms with Gasteiger partial charge in [-0.05, 0) is 36.5 Å². The van der Waals surface area contributed by atoms with Gasteiger partial charge in [0.15, 0.2) is 0 Å². The largest absolute Gasteiger partial charge is 0.477 e. The SMILES string of the molecule is O=C(O)c1cccc(C(=O)NC2CCSCC2)n1. The summed E-state index contributed by atoms with van der Waals surface area (Å²) in [5.74, 6) is 0.676. The predicted octanol–water partition coefficient (Wildman–Crippen LogP) is 1.41. The Morgan fingerprint density at radius 1 is 1.28 bits per heavy atom. The van der Waals surface area contributed by atoms with Crippen LogP contribution in [-0.4, -0.2) is 39.5 Å². The van der Waals surface area contributed by atoms with E-state index >= 15 is 0 Å². The number of carboxylic acids is 1. The van der Waals surface area contributed by atoms with Gasteiger partial charge < -0.3 is 10.4 Å². The van der Waals surface area contributed by atoms with E-state index in [1.54, 1.807) is 0 Å². The number of aromatic nitrogens is 1. The van der Waals surface area contributed by atoms with Crippen molar-refractivity contribution in [3.8, 4) is 0 Å². The number of amides is 1. The molecule has 18 heavy (non-hydrogen) atoms. The van der Waals surface area contributed by atoms with Crippen molar-refractivity contribution in [3.05, 3.63) is 29.6 Å². The van der Waals surface area contributed by atoms with Crippen molar-refractivity contribution in [2.45, 2.75) is 18.9 Å².